The van der Waals surface area contributed by atoms with Crippen LogP contribution in [0.3, 0.4) is 0 Å². The number of anilines is 1. The zero-order valence-electron chi connectivity index (χ0n) is 12.2. The van der Waals surface area contributed by atoms with Gasteiger partial charge in [0.05, 0.1) is 11.4 Å². The summed E-state index contributed by atoms with van der Waals surface area (Å²) in [5, 5.41) is 4.24. The number of rotatable bonds is 3. The Morgan fingerprint density at radius 1 is 0.857 bits per heavy atom. The first-order chi connectivity index (χ1) is 9.75. The van der Waals surface area contributed by atoms with E-state index in [-0.39, 0.29) is 24.0 Å². The van der Waals surface area contributed by atoms with Crippen LogP contribution in [-0.2, 0) is 0 Å². The van der Waals surface area contributed by atoms with Gasteiger partial charge in [-0.3, -0.25) is 10.0 Å². The van der Waals surface area contributed by atoms with Crippen molar-refractivity contribution >= 4 is 11.4 Å². The van der Waals surface area contributed by atoms with E-state index in [2.05, 4.69) is 72.0 Å². The third kappa shape index (κ3) is 3.39. The molecular formula is C17H19IN3-. The summed E-state index contributed by atoms with van der Waals surface area (Å²) in [6, 6.07) is 21.1. The molecule has 3 rings (SSSR count). The van der Waals surface area contributed by atoms with Crippen molar-refractivity contribution in [3.05, 3.63) is 72.4 Å². The Kier molecular flexibility index (Phi) is 5.25. The molecule has 0 saturated heterocycles. The highest BCUT2D eigenvalue weighted by molar-refractivity contribution is 5.70. The van der Waals surface area contributed by atoms with Gasteiger partial charge >= 0.3 is 0 Å². The second-order valence-electron chi connectivity index (χ2n) is 5.15. The summed E-state index contributed by atoms with van der Waals surface area (Å²) < 4.78 is 0. The van der Waals surface area contributed by atoms with Crippen molar-refractivity contribution in [1.29, 1.82) is 0 Å². The molecule has 1 aliphatic heterocycles. The van der Waals surface area contributed by atoms with E-state index in [1.54, 1.807) is 0 Å². The Morgan fingerprint density at radius 3 is 2.00 bits per heavy atom. The molecule has 0 radical (unpaired) electrons. The van der Waals surface area contributed by atoms with Crippen LogP contribution in [0, 0.1) is 0 Å². The number of para-hydroxylation sites is 1. The SMILES string of the molecule is CC(C)N1NN(c2ccccc2)C=C1c1ccccc1.[I-]. The topological polar surface area (TPSA) is 18.5 Å². The molecule has 0 unspecified atom stereocenters. The number of hydrogen-bond acceptors (Lipinski definition) is 3. The van der Waals surface area contributed by atoms with Gasteiger partial charge in [-0.1, -0.05) is 48.5 Å². The Hall–Kier alpha value is -1.53. The van der Waals surface area contributed by atoms with Crippen LogP contribution in [0.1, 0.15) is 19.4 Å². The van der Waals surface area contributed by atoms with Gasteiger partial charge in [-0.05, 0) is 26.0 Å². The lowest BCUT2D eigenvalue weighted by Gasteiger charge is -2.28. The fraction of sp³-hybridized carbons (Fsp3) is 0.176. The van der Waals surface area contributed by atoms with E-state index in [0.29, 0.717) is 6.04 Å². The summed E-state index contributed by atoms with van der Waals surface area (Å²) in [6.07, 6.45) is 2.14. The van der Waals surface area contributed by atoms with Crippen LogP contribution in [-0.4, -0.2) is 11.1 Å². The molecule has 0 bridgehead atoms. The highest BCUT2D eigenvalue weighted by Crippen LogP contribution is 2.27. The number of hydrogen-bond donors (Lipinski definition) is 1. The van der Waals surface area contributed by atoms with E-state index in [9.17, 15) is 0 Å². The zero-order chi connectivity index (χ0) is 13.9. The lowest BCUT2D eigenvalue weighted by molar-refractivity contribution is -0.00000422. The van der Waals surface area contributed by atoms with E-state index < -0.39 is 0 Å². The van der Waals surface area contributed by atoms with Crippen molar-refractivity contribution < 1.29 is 24.0 Å². The normalized spacial score (nSPS) is 14.1. The minimum absolute atomic E-state index is 0. The van der Waals surface area contributed by atoms with Gasteiger partial charge in [-0.25, -0.2) is 0 Å². The average molecular weight is 392 g/mol. The third-order valence-corrected chi connectivity index (χ3v) is 3.35. The molecule has 0 fully saturated rings. The maximum absolute atomic E-state index is 3.43. The standard InChI is InChI=1S/C17H19N3.HI/c1-14(2)20-17(15-9-5-3-6-10-15)13-19(18-20)16-11-7-4-8-12-16;/h3-14,18H,1-2H3;1H/p-1. The van der Waals surface area contributed by atoms with Gasteiger partial charge in [0.25, 0.3) is 0 Å². The Labute approximate surface area is 143 Å². The van der Waals surface area contributed by atoms with Crippen molar-refractivity contribution in [1.82, 2.24) is 10.5 Å². The molecule has 2 aromatic rings. The highest BCUT2D eigenvalue weighted by atomic mass is 127. The quantitative estimate of drug-likeness (QED) is 0.774. The lowest BCUT2D eigenvalue weighted by Crippen LogP contribution is -3.00. The molecule has 0 saturated carbocycles. The van der Waals surface area contributed by atoms with E-state index in [4.69, 9.17) is 0 Å². The van der Waals surface area contributed by atoms with Gasteiger partial charge in [0.2, 0.25) is 0 Å². The summed E-state index contributed by atoms with van der Waals surface area (Å²) in [7, 11) is 0. The van der Waals surface area contributed by atoms with Crippen molar-refractivity contribution in [2.75, 3.05) is 5.01 Å². The van der Waals surface area contributed by atoms with Crippen LogP contribution in [0.2, 0.25) is 0 Å². The number of benzene rings is 2. The van der Waals surface area contributed by atoms with Gasteiger partial charge in [0, 0.05) is 17.8 Å². The second kappa shape index (κ2) is 6.95. The molecule has 21 heavy (non-hydrogen) atoms. The van der Waals surface area contributed by atoms with Crippen LogP contribution >= 0.6 is 0 Å². The maximum Gasteiger partial charge on any atom is 0.0791 e. The lowest BCUT2D eigenvalue weighted by atomic mass is 10.1. The number of nitrogens with zero attached hydrogens (tertiary/aromatic N) is 2. The van der Waals surface area contributed by atoms with Crippen molar-refractivity contribution in [2.24, 2.45) is 0 Å². The van der Waals surface area contributed by atoms with E-state index in [1.807, 2.05) is 24.3 Å². The summed E-state index contributed by atoms with van der Waals surface area (Å²) in [5.41, 5.74) is 6.96. The monoisotopic (exact) mass is 392 g/mol. The van der Waals surface area contributed by atoms with Crippen LogP contribution in [0.5, 0.6) is 0 Å². The highest BCUT2D eigenvalue weighted by Gasteiger charge is 2.24. The zero-order valence-corrected chi connectivity index (χ0v) is 14.4. The molecule has 110 valence electrons. The number of halogens is 1. The largest absolute Gasteiger partial charge is 1.00 e. The first kappa shape index (κ1) is 15.9. The molecule has 0 spiro atoms. The fourth-order valence-electron chi connectivity index (χ4n) is 2.32. The predicted octanol–water partition coefficient (Wildman–Crippen LogP) is 0.639. The Balaban J connectivity index is 0.00000161. The molecule has 1 N–H and O–H groups in total. The Morgan fingerprint density at radius 2 is 1.43 bits per heavy atom. The molecule has 4 heteroatoms. The minimum Gasteiger partial charge on any atom is -1.00 e. The van der Waals surface area contributed by atoms with Crippen molar-refractivity contribution in [2.45, 2.75) is 19.9 Å². The molecule has 2 aromatic carbocycles. The first-order valence-electron chi connectivity index (χ1n) is 6.93. The fourth-order valence-corrected chi connectivity index (χ4v) is 2.32. The number of hydrazine groups is 2. The van der Waals surface area contributed by atoms with Crippen molar-refractivity contribution in [3.63, 3.8) is 0 Å². The van der Waals surface area contributed by atoms with Crippen LogP contribution in [0.4, 0.5) is 5.69 Å². The number of nitrogens with one attached hydrogen (secondary N) is 1. The summed E-state index contributed by atoms with van der Waals surface area (Å²) >= 11 is 0. The van der Waals surface area contributed by atoms with Gasteiger partial charge < -0.3 is 24.0 Å². The molecule has 1 heterocycles. The molecular weight excluding hydrogens is 373 g/mol. The van der Waals surface area contributed by atoms with Gasteiger partial charge in [0.1, 0.15) is 0 Å². The first-order valence-corrected chi connectivity index (χ1v) is 6.93. The van der Waals surface area contributed by atoms with Gasteiger partial charge in [0.15, 0.2) is 0 Å². The van der Waals surface area contributed by atoms with Crippen molar-refractivity contribution in [3.8, 4) is 0 Å². The van der Waals surface area contributed by atoms with E-state index >= 15 is 0 Å². The minimum atomic E-state index is 0. The molecule has 0 aliphatic carbocycles. The Bertz CT molecular complexity index is 596. The summed E-state index contributed by atoms with van der Waals surface area (Å²) in [5.74, 6) is 0. The average Bonchev–Trinajstić information content (AvgIpc) is 2.94. The predicted molar refractivity (Wildman–Crippen MR) is 83.5 cm³/mol. The van der Waals surface area contributed by atoms with Crippen LogP contribution < -0.4 is 34.5 Å². The molecule has 0 amide bonds. The maximum atomic E-state index is 3.43. The van der Waals surface area contributed by atoms with E-state index in [1.165, 1.54) is 11.3 Å². The van der Waals surface area contributed by atoms with Gasteiger partial charge in [-0.15, -0.1) is 5.53 Å². The summed E-state index contributed by atoms with van der Waals surface area (Å²) in [6.45, 7) is 4.36. The second-order valence-corrected chi connectivity index (χ2v) is 5.15. The molecule has 0 atom stereocenters. The van der Waals surface area contributed by atoms with Crippen LogP contribution in [0.25, 0.3) is 5.70 Å². The third-order valence-electron chi connectivity index (χ3n) is 3.35. The molecule has 1 aliphatic rings. The molecule has 3 nitrogen and oxygen atoms in total. The summed E-state index contributed by atoms with van der Waals surface area (Å²) in [4.78, 5) is 0. The van der Waals surface area contributed by atoms with Gasteiger partial charge in [-0.2, -0.15) is 0 Å². The molecule has 0 aromatic heterocycles. The smallest absolute Gasteiger partial charge is 0.0791 e. The van der Waals surface area contributed by atoms with E-state index in [0.717, 1.165) is 5.69 Å². The van der Waals surface area contributed by atoms with Crippen LogP contribution in [0.15, 0.2) is 66.9 Å².